The third-order valence-corrected chi connectivity index (χ3v) is 3.36. The molecule has 1 saturated carbocycles. The van der Waals surface area contributed by atoms with E-state index in [0.717, 1.165) is 23.4 Å². The molecule has 1 aliphatic carbocycles. The Morgan fingerprint density at radius 1 is 1.29 bits per heavy atom. The molecule has 0 aromatic carbocycles. The Bertz CT molecular complexity index is 553. The van der Waals surface area contributed by atoms with E-state index in [1.54, 1.807) is 0 Å². The molecule has 1 N–H and O–H groups in total. The first-order valence-corrected chi connectivity index (χ1v) is 6.30. The monoisotopic (exact) mass is 246 g/mol. The van der Waals surface area contributed by atoms with Gasteiger partial charge in [0.15, 0.2) is 4.77 Å². The summed E-state index contributed by atoms with van der Waals surface area (Å²) < 4.78 is 2.94. The second-order valence-electron chi connectivity index (χ2n) is 4.40. The number of rotatable bonds is 4. The van der Waals surface area contributed by atoms with Crippen LogP contribution >= 0.6 is 12.2 Å². The van der Waals surface area contributed by atoms with Gasteiger partial charge in [-0.05, 0) is 49.2 Å². The van der Waals surface area contributed by atoms with Crippen LogP contribution in [0, 0.1) is 4.77 Å². The van der Waals surface area contributed by atoms with Gasteiger partial charge in [-0.3, -0.25) is 10.1 Å². The summed E-state index contributed by atoms with van der Waals surface area (Å²) in [4.78, 5) is 4.02. The van der Waals surface area contributed by atoms with Crippen LogP contribution in [0.15, 0.2) is 24.5 Å². The van der Waals surface area contributed by atoms with Crippen LogP contribution in [-0.2, 0) is 12.8 Å². The van der Waals surface area contributed by atoms with Crippen LogP contribution in [0.5, 0.6) is 0 Å². The number of aromatic amines is 1. The van der Waals surface area contributed by atoms with Crippen molar-refractivity contribution >= 4 is 12.2 Å². The predicted molar refractivity (Wildman–Crippen MR) is 67.3 cm³/mol. The molecule has 0 amide bonds. The van der Waals surface area contributed by atoms with Crippen molar-refractivity contribution < 1.29 is 0 Å². The van der Waals surface area contributed by atoms with Gasteiger partial charge in [-0.25, -0.2) is 0 Å². The van der Waals surface area contributed by atoms with Crippen LogP contribution in [0.25, 0.3) is 0 Å². The molecule has 0 bridgehead atoms. The molecule has 3 rings (SSSR count). The molecule has 0 aliphatic heterocycles. The molecule has 0 unspecified atom stereocenters. The van der Waals surface area contributed by atoms with Crippen molar-refractivity contribution in [2.75, 3.05) is 0 Å². The fraction of sp³-hybridized carbons (Fsp3) is 0.417. The number of H-pyrrole nitrogens is 1. The number of hydrogen-bond donors (Lipinski definition) is 1. The molecule has 2 aromatic rings. The Balaban J connectivity index is 1.75. The second kappa shape index (κ2) is 4.41. The fourth-order valence-corrected chi connectivity index (χ4v) is 2.33. The summed E-state index contributed by atoms with van der Waals surface area (Å²) in [6, 6.07) is 4.68. The lowest BCUT2D eigenvalue weighted by Gasteiger charge is -2.04. The fourth-order valence-electron chi connectivity index (χ4n) is 2.03. The van der Waals surface area contributed by atoms with E-state index in [-0.39, 0.29) is 0 Å². The van der Waals surface area contributed by atoms with Gasteiger partial charge in [0.2, 0.25) is 0 Å². The smallest absolute Gasteiger partial charge is 0.195 e. The summed E-state index contributed by atoms with van der Waals surface area (Å²) in [5, 5.41) is 7.22. The van der Waals surface area contributed by atoms with E-state index in [1.807, 2.05) is 24.5 Å². The highest BCUT2D eigenvalue weighted by Gasteiger charge is 2.26. The zero-order chi connectivity index (χ0) is 11.7. The van der Waals surface area contributed by atoms with Crippen molar-refractivity contribution in [3.8, 4) is 0 Å². The van der Waals surface area contributed by atoms with Crippen LogP contribution in [0.2, 0.25) is 0 Å². The van der Waals surface area contributed by atoms with Crippen molar-refractivity contribution in [3.05, 3.63) is 40.7 Å². The Morgan fingerprint density at radius 2 is 2.06 bits per heavy atom. The van der Waals surface area contributed by atoms with Crippen molar-refractivity contribution in [2.24, 2.45) is 0 Å². The first kappa shape index (κ1) is 10.7. The summed E-state index contributed by atoms with van der Waals surface area (Å²) in [6.07, 6.45) is 8.02. The lowest BCUT2D eigenvalue weighted by atomic mass is 10.1. The summed E-state index contributed by atoms with van der Waals surface area (Å²) in [6.45, 7) is 0. The van der Waals surface area contributed by atoms with Gasteiger partial charge in [0.25, 0.3) is 0 Å². The van der Waals surface area contributed by atoms with E-state index in [9.17, 15) is 0 Å². The molecule has 5 heteroatoms. The zero-order valence-corrected chi connectivity index (χ0v) is 10.3. The highest BCUT2D eigenvalue weighted by Crippen LogP contribution is 2.35. The van der Waals surface area contributed by atoms with Crippen molar-refractivity contribution in [3.63, 3.8) is 0 Å². The van der Waals surface area contributed by atoms with E-state index in [1.165, 1.54) is 18.4 Å². The summed E-state index contributed by atoms with van der Waals surface area (Å²) >= 11 is 5.25. The van der Waals surface area contributed by atoms with Gasteiger partial charge >= 0.3 is 0 Å². The van der Waals surface area contributed by atoms with E-state index < -0.39 is 0 Å². The average molecular weight is 246 g/mol. The quantitative estimate of drug-likeness (QED) is 0.843. The van der Waals surface area contributed by atoms with Gasteiger partial charge in [0.05, 0.1) is 0 Å². The summed E-state index contributed by atoms with van der Waals surface area (Å²) in [7, 11) is 0. The van der Waals surface area contributed by atoms with Gasteiger partial charge in [0, 0.05) is 24.9 Å². The molecule has 17 heavy (non-hydrogen) atoms. The van der Waals surface area contributed by atoms with E-state index in [2.05, 4.69) is 19.7 Å². The Kier molecular flexibility index (Phi) is 2.76. The lowest BCUT2D eigenvalue weighted by molar-refractivity contribution is 0.666. The Hall–Kier alpha value is -1.49. The van der Waals surface area contributed by atoms with Crippen LogP contribution in [0.3, 0.4) is 0 Å². The van der Waals surface area contributed by atoms with Crippen LogP contribution in [0.1, 0.15) is 30.3 Å². The largest absolute Gasteiger partial charge is 0.301 e. The van der Waals surface area contributed by atoms with Gasteiger partial charge in [0.1, 0.15) is 5.82 Å². The second-order valence-corrected chi connectivity index (χ2v) is 4.79. The molecule has 2 heterocycles. The van der Waals surface area contributed by atoms with E-state index >= 15 is 0 Å². The van der Waals surface area contributed by atoms with Crippen LogP contribution < -0.4 is 0 Å². The van der Waals surface area contributed by atoms with Crippen molar-refractivity contribution in [1.82, 2.24) is 19.7 Å². The predicted octanol–water partition coefficient (Wildman–Crippen LogP) is 2.46. The number of hydrogen-bond acceptors (Lipinski definition) is 3. The number of nitrogens with zero attached hydrogens (tertiary/aromatic N) is 3. The molecule has 4 nitrogen and oxygen atoms in total. The molecular weight excluding hydrogens is 232 g/mol. The number of nitrogens with one attached hydrogen (secondary N) is 1. The third-order valence-electron chi connectivity index (χ3n) is 3.08. The lowest BCUT2D eigenvalue weighted by Crippen LogP contribution is -2.03. The number of aryl methyl sites for hydroxylation is 2. The maximum atomic E-state index is 5.25. The molecule has 0 saturated heterocycles. The molecule has 88 valence electrons. The molecule has 0 atom stereocenters. The zero-order valence-electron chi connectivity index (χ0n) is 9.47. The Labute approximate surface area is 105 Å². The summed E-state index contributed by atoms with van der Waals surface area (Å²) in [5.41, 5.74) is 1.29. The van der Waals surface area contributed by atoms with Gasteiger partial charge in [-0.1, -0.05) is 0 Å². The molecule has 1 fully saturated rings. The average Bonchev–Trinajstić information content (AvgIpc) is 3.12. The molecule has 0 radical (unpaired) electrons. The first-order valence-electron chi connectivity index (χ1n) is 5.89. The minimum atomic E-state index is 0.591. The topological polar surface area (TPSA) is 46.5 Å². The van der Waals surface area contributed by atoms with E-state index in [0.29, 0.717) is 6.04 Å². The first-order chi connectivity index (χ1) is 8.34. The minimum absolute atomic E-state index is 0.591. The van der Waals surface area contributed by atoms with Crippen LogP contribution in [0.4, 0.5) is 0 Å². The van der Waals surface area contributed by atoms with E-state index in [4.69, 9.17) is 12.2 Å². The highest BCUT2D eigenvalue weighted by molar-refractivity contribution is 7.71. The molecular formula is C12H14N4S. The van der Waals surface area contributed by atoms with Gasteiger partial charge < -0.3 is 4.57 Å². The summed E-state index contributed by atoms with van der Waals surface area (Å²) in [5.74, 6) is 1.08. The maximum Gasteiger partial charge on any atom is 0.195 e. The standard InChI is InChI=1S/C12H14N4S/c17-12-15-14-11(16(12)10-2-3-10)4-1-9-5-7-13-8-6-9/h5-8,10H,1-4H2,(H,15,17). The number of aromatic nitrogens is 4. The SMILES string of the molecule is S=c1[nH]nc(CCc2ccncc2)n1C1CC1. The minimum Gasteiger partial charge on any atom is -0.301 e. The van der Waals surface area contributed by atoms with Crippen molar-refractivity contribution in [2.45, 2.75) is 31.7 Å². The molecule has 0 spiro atoms. The normalized spacial score (nSPS) is 15.1. The van der Waals surface area contributed by atoms with Crippen LogP contribution in [-0.4, -0.2) is 19.7 Å². The highest BCUT2D eigenvalue weighted by atomic mass is 32.1. The maximum absolute atomic E-state index is 5.25. The van der Waals surface area contributed by atoms with Gasteiger partial charge in [-0.15, -0.1) is 0 Å². The third kappa shape index (κ3) is 2.29. The Morgan fingerprint density at radius 3 is 2.76 bits per heavy atom. The molecule has 1 aliphatic rings. The van der Waals surface area contributed by atoms with Crippen molar-refractivity contribution in [1.29, 1.82) is 0 Å². The number of pyridine rings is 1. The van der Waals surface area contributed by atoms with Gasteiger partial charge in [-0.2, -0.15) is 5.10 Å². The molecule has 2 aromatic heterocycles.